The lowest BCUT2D eigenvalue weighted by molar-refractivity contribution is -0.125. The fourth-order valence-electron chi connectivity index (χ4n) is 0.905. The van der Waals surface area contributed by atoms with Crippen molar-refractivity contribution in [3.8, 4) is 0 Å². The van der Waals surface area contributed by atoms with Gasteiger partial charge in [-0.1, -0.05) is 0 Å². The van der Waals surface area contributed by atoms with Crippen molar-refractivity contribution in [3.63, 3.8) is 0 Å². The molecule has 0 aliphatic rings. The van der Waals surface area contributed by atoms with Gasteiger partial charge in [-0.05, 0) is 20.8 Å². The number of methoxy groups -OCH3 is 1. The number of ketones is 1. The molecule has 0 aromatic heterocycles. The fourth-order valence-corrected chi connectivity index (χ4v) is 1.08. The van der Waals surface area contributed by atoms with E-state index < -0.39 is 17.8 Å². The normalized spacial score (nSPS) is 13.1. The Morgan fingerprint density at radius 3 is 2.31 bits per heavy atom. The maximum Gasteiger partial charge on any atom is 0.407 e. The average Bonchev–Trinajstić information content (AvgIpc) is 2.15. The zero-order valence-electron chi connectivity index (χ0n) is 10.0. The van der Waals surface area contributed by atoms with Crippen LogP contribution in [0, 0.1) is 0 Å². The van der Waals surface area contributed by atoms with E-state index in [1.165, 1.54) is 7.11 Å². The minimum atomic E-state index is -0.731. The average molecular weight is 252 g/mol. The third kappa shape index (κ3) is 6.63. The number of alkyl halides is 1. The van der Waals surface area contributed by atoms with Crippen molar-refractivity contribution in [1.82, 2.24) is 5.32 Å². The highest BCUT2D eigenvalue weighted by molar-refractivity contribution is 6.28. The third-order valence-electron chi connectivity index (χ3n) is 1.61. The summed E-state index contributed by atoms with van der Waals surface area (Å²) in [5.41, 5.74) is -0.566. The quantitative estimate of drug-likeness (QED) is 0.749. The van der Waals surface area contributed by atoms with E-state index in [0.29, 0.717) is 0 Å². The number of nitrogens with one attached hydrogen (secondary N) is 1. The van der Waals surface area contributed by atoms with Crippen LogP contribution in [0.15, 0.2) is 0 Å². The van der Waals surface area contributed by atoms with Crippen LogP contribution in [0.1, 0.15) is 20.8 Å². The second-order valence-electron chi connectivity index (χ2n) is 4.21. The number of amides is 1. The van der Waals surface area contributed by atoms with E-state index in [1.54, 1.807) is 20.8 Å². The van der Waals surface area contributed by atoms with Crippen molar-refractivity contribution in [2.24, 2.45) is 0 Å². The summed E-state index contributed by atoms with van der Waals surface area (Å²) in [4.78, 5) is 22.4. The van der Waals surface area contributed by atoms with Crippen molar-refractivity contribution in [3.05, 3.63) is 0 Å². The molecule has 0 aromatic carbocycles. The molecular formula is C10H18ClNO4. The van der Waals surface area contributed by atoms with Gasteiger partial charge in [-0.25, -0.2) is 4.79 Å². The van der Waals surface area contributed by atoms with Gasteiger partial charge in [0.1, 0.15) is 11.7 Å². The van der Waals surface area contributed by atoms with Gasteiger partial charge >= 0.3 is 6.09 Å². The molecule has 0 radical (unpaired) electrons. The molecule has 0 saturated heterocycles. The maximum atomic E-state index is 11.3. The fraction of sp³-hybridized carbons (Fsp3) is 0.800. The Labute approximate surface area is 100 Å². The Balaban J connectivity index is 4.03. The van der Waals surface area contributed by atoms with Crippen molar-refractivity contribution in [1.29, 1.82) is 0 Å². The summed E-state index contributed by atoms with van der Waals surface area (Å²) < 4.78 is 9.88. The molecule has 0 rings (SSSR count). The number of rotatable bonds is 5. The van der Waals surface area contributed by atoms with Crippen molar-refractivity contribution in [2.75, 3.05) is 19.5 Å². The number of hydrogen-bond acceptors (Lipinski definition) is 4. The molecule has 1 amide bonds. The zero-order valence-corrected chi connectivity index (χ0v) is 10.8. The first kappa shape index (κ1) is 15.2. The number of carbonyl (C=O) groups excluding carboxylic acids is 2. The predicted molar refractivity (Wildman–Crippen MR) is 60.8 cm³/mol. The lowest BCUT2D eigenvalue weighted by atomic mass is 10.2. The van der Waals surface area contributed by atoms with Crippen LogP contribution >= 0.6 is 11.6 Å². The molecule has 94 valence electrons. The van der Waals surface area contributed by atoms with E-state index in [9.17, 15) is 9.59 Å². The Morgan fingerprint density at radius 1 is 1.38 bits per heavy atom. The molecule has 6 heteroatoms. The second kappa shape index (κ2) is 6.70. The molecule has 0 bridgehead atoms. The highest BCUT2D eigenvalue weighted by atomic mass is 35.5. The van der Waals surface area contributed by atoms with Crippen LogP contribution in [0.3, 0.4) is 0 Å². The maximum absolute atomic E-state index is 11.3. The number of ether oxygens (including phenoxy) is 2. The standard InChI is InChI=1S/C10H18ClNO4/c1-10(2,3)16-9(14)12-6-8(15-4)7(13)5-11/h8H,5-6H2,1-4H3,(H,12,14). The van der Waals surface area contributed by atoms with Crippen LogP contribution in [-0.2, 0) is 14.3 Å². The van der Waals surface area contributed by atoms with Gasteiger partial charge < -0.3 is 14.8 Å². The number of carbonyl (C=O) groups is 2. The van der Waals surface area contributed by atoms with Crippen molar-refractivity contribution in [2.45, 2.75) is 32.5 Å². The zero-order chi connectivity index (χ0) is 12.8. The smallest absolute Gasteiger partial charge is 0.407 e. The van der Waals surface area contributed by atoms with Crippen LogP contribution in [-0.4, -0.2) is 43.1 Å². The number of Topliss-reactive ketones (excluding diaryl/α,β-unsaturated/α-hetero) is 1. The third-order valence-corrected chi connectivity index (χ3v) is 1.87. The molecule has 0 aliphatic carbocycles. The molecule has 16 heavy (non-hydrogen) atoms. The van der Waals surface area contributed by atoms with Gasteiger partial charge in [0.15, 0.2) is 5.78 Å². The summed E-state index contributed by atoms with van der Waals surface area (Å²) >= 11 is 5.37. The highest BCUT2D eigenvalue weighted by Crippen LogP contribution is 2.06. The molecule has 0 saturated carbocycles. The first-order valence-corrected chi connectivity index (χ1v) is 5.42. The van der Waals surface area contributed by atoms with Gasteiger partial charge in [0.2, 0.25) is 0 Å². The molecule has 5 nitrogen and oxygen atoms in total. The van der Waals surface area contributed by atoms with E-state index >= 15 is 0 Å². The summed E-state index contributed by atoms with van der Waals surface area (Å²) in [7, 11) is 1.38. The van der Waals surface area contributed by atoms with Crippen LogP contribution < -0.4 is 5.32 Å². The molecular weight excluding hydrogens is 234 g/mol. The monoisotopic (exact) mass is 251 g/mol. The topological polar surface area (TPSA) is 64.6 Å². The summed E-state index contributed by atoms with van der Waals surface area (Å²) in [5, 5.41) is 2.44. The summed E-state index contributed by atoms with van der Waals surface area (Å²) in [6.07, 6.45) is -1.32. The van der Waals surface area contributed by atoms with Crippen molar-refractivity contribution < 1.29 is 19.1 Å². The number of hydrogen-bond donors (Lipinski definition) is 1. The molecule has 1 unspecified atom stereocenters. The van der Waals surface area contributed by atoms with Gasteiger partial charge in [-0.3, -0.25) is 4.79 Å². The van der Waals surface area contributed by atoms with Gasteiger partial charge in [0.05, 0.1) is 12.4 Å². The summed E-state index contributed by atoms with van der Waals surface area (Å²) in [6, 6.07) is 0. The van der Waals surface area contributed by atoms with Gasteiger partial charge in [-0.15, -0.1) is 11.6 Å². The first-order valence-electron chi connectivity index (χ1n) is 4.88. The van der Waals surface area contributed by atoms with Crippen molar-refractivity contribution >= 4 is 23.5 Å². The summed E-state index contributed by atoms with van der Waals surface area (Å²) in [5.74, 6) is -0.422. The molecule has 0 fully saturated rings. The number of halogens is 1. The van der Waals surface area contributed by atoms with E-state index in [4.69, 9.17) is 21.1 Å². The van der Waals surface area contributed by atoms with Gasteiger partial charge in [0.25, 0.3) is 0 Å². The van der Waals surface area contributed by atoms with E-state index in [-0.39, 0.29) is 18.2 Å². The summed E-state index contributed by atoms with van der Waals surface area (Å²) in [6.45, 7) is 5.32. The van der Waals surface area contributed by atoms with Crippen LogP contribution in [0.5, 0.6) is 0 Å². The van der Waals surface area contributed by atoms with Crippen LogP contribution in [0.25, 0.3) is 0 Å². The molecule has 0 spiro atoms. The minimum absolute atomic E-state index is 0.0525. The predicted octanol–water partition coefficient (Wildman–Crippen LogP) is 1.33. The molecule has 0 heterocycles. The molecule has 1 atom stereocenters. The minimum Gasteiger partial charge on any atom is -0.444 e. The van der Waals surface area contributed by atoms with Crippen LogP contribution in [0.2, 0.25) is 0 Å². The molecule has 0 aliphatic heterocycles. The van der Waals surface area contributed by atoms with Crippen LogP contribution in [0.4, 0.5) is 4.79 Å². The van der Waals surface area contributed by atoms with Gasteiger partial charge in [0, 0.05) is 7.11 Å². The SMILES string of the molecule is COC(CNC(=O)OC(C)(C)C)C(=O)CCl. The Kier molecular flexibility index (Phi) is 6.36. The Morgan fingerprint density at radius 2 is 1.94 bits per heavy atom. The van der Waals surface area contributed by atoms with Gasteiger partial charge in [-0.2, -0.15) is 0 Å². The number of alkyl carbamates (subject to hydrolysis) is 1. The Hall–Kier alpha value is -0.810. The van der Waals surface area contributed by atoms with E-state index in [1.807, 2.05) is 0 Å². The molecule has 0 aromatic rings. The lowest BCUT2D eigenvalue weighted by Gasteiger charge is -2.20. The largest absolute Gasteiger partial charge is 0.444 e. The Bertz CT molecular complexity index is 250. The van der Waals surface area contributed by atoms with E-state index in [0.717, 1.165) is 0 Å². The van der Waals surface area contributed by atoms with E-state index in [2.05, 4.69) is 5.32 Å². The second-order valence-corrected chi connectivity index (χ2v) is 4.47. The lowest BCUT2D eigenvalue weighted by Crippen LogP contribution is -2.40. The first-order chi connectivity index (χ1) is 7.30. The molecule has 1 N–H and O–H groups in total. The highest BCUT2D eigenvalue weighted by Gasteiger charge is 2.20.